The minimum atomic E-state index is 0.769. The summed E-state index contributed by atoms with van der Waals surface area (Å²) in [6.07, 6.45) is 0. The van der Waals surface area contributed by atoms with E-state index < -0.39 is 0 Å². The largest absolute Gasteiger partial charge is 0.397 e. The normalized spacial score (nSPS) is 11.2. The summed E-state index contributed by atoms with van der Waals surface area (Å²) in [6, 6.07) is 42.6. The molecule has 0 bridgehead atoms. The molecule has 0 saturated carbocycles. The fourth-order valence-electron chi connectivity index (χ4n) is 4.59. The van der Waals surface area contributed by atoms with E-state index in [4.69, 9.17) is 5.73 Å². The highest BCUT2D eigenvalue weighted by atomic mass is 15.0. The van der Waals surface area contributed by atoms with E-state index in [9.17, 15) is 0 Å². The maximum Gasteiger partial charge on any atom is 0.0691 e. The van der Waals surface area contributed by atoms with Crippen molar-refractivity contribution < 1.29 is 0 Å². The molecule has 0 aliphatic carbocycles. The molecule has 6 rings (SSSR count). The maximum atomic E-state index is 6.41. The van der Waals surface area contributed by atoms with E-state index in [0.29, 0.717) is 0 Å². The van der Waals surface area contributed by atoms with E-state index >= 15 is 0 Å². The Labute approximate surface area is 187 Å². The average molecular weight is 411 g/mol. The summed E-state index contributed by atoms with van der Waals surface area (Å²) in [5.41, 5.74) is 15.4. The smallest absolute Gasteiger partial charge is 0.0691 e. The Balaban J connectivity index is 1.69. The summed E-state index contributed by atoms with van der Waals surface area (Å²) in [5.74, 6) is 0. The minimum Gasteiger partial charge on any atom is -0.397 e. The van der Waals surface area contributed by atoms with Gasteiger partial charge < -0.3 is 10.3 Å². The van der Waals surface area contributed by atoms with Crippen LogP contribution in [-0.4, -0.2) is 4.57 Å². The number of nitrogens with zero attached hydrogens (tertiary/aromatic N) is 1. The number of nitrogens with two attached hydrogens (primary N) is 1. The van der Waals surface area contributed by atoms with Crippen molar-refractivity contribution in [1.82, 2.24) is 4.57 Å². The monoisotopic (exact) mass is 410 g/mol. The summed E-state index contributed by atoms with van der Waals surface area (Å²) in [4.78, 5) is 0. The van der Waals surface area contributed by atoms with E-state index in [-0.39, 0.29) is 0 Å². The maximum absolute atomic E-state index is 6.41. The van der Waals surface area contributed by atoms with Gasteiger partial charge in [0.05, 0.1) is 22.4 Å². The van der Waals surface area contributed by atoms with Gasteiger partial charge >= 0.3 is 0 Å². The van der Waals surface area contributed by atoms with Gasteiger partial charge in [-0.25, -0.2) is 0 Å². The Morgan fingerprint density at radius 2 is 0.906 bits per heavy atom. The molecule has 32 heavy (non-hydrogen) atoms. The van der Waals surface area contributed by atoms with Crippen molar-refractivity contribution in [2.24, 2.45) is 0 Å². The summed E-state index contributed by atoms with van der Waals surface area (Å²) < 4.78 is 2.28. The van der Waals surface area contributed by atoms with E-state index in [1.54, 1.807) is 0 Å². The van der Waals surface area contributed by atoms with E-state index in [2.05, 4.69) is 108 Å². The van der Waals surface area contributed by atoms with Gasteiger partial charge in [-0.15, -0.1) is 0 Å². The number of para-hydroxylation sites is 2. The van der Waals surface area contributed by atoms with Crippen LogP contribution in [0.4, 0.5) is 5.69 Å². The summed E-state index contributed by atoms with van der Waals surface area (Å²) in [6.45, 7) is 0. The van der Waals surface area contributed by atoms with Gasteiger partial charge in [-0.3, -0.25) is 0 Å². The summed E-state index contributed by atoms with van der Waals surface area (Å²) >= 11 is 0. The van der Waals surface area contributed by atoms with Crippen LogP contribution in [0.3, 0.4) is 0 Å². The molecule has 5 aromatic carbocycles. The molecule has 1 aromatic heterocycles. The lowest BCUT2D eigenvalue weighted by atomic mass is 10.0. The van der Waals surface area contributed by atoms with Crippen LogP contribution >= 0.6 is 0 Å². The fraction of sp³-hybridized carbons (Fsp3) is 0. The second-order valence-corrected chi connectivity index (χ2v) is 8.09. The number of benzene rings is 5. The number of nitrogen functional groups attached to an aromatic ring is 1. The fourth-order valence-corrected chi connectivity index (χ4v) is 4.59. The van der Waals surface area contributed by atoms with Gasteiger partial charge in [0.2, 0.25) is 0 Å². The second-order valence-electron chi connectivity index (χ2n) is 8.09. The zero-order valence-electron chi connectivity index (χ0n) is 17.6. The molecule has 0 fully saturated rings. The average Bonchev–Trinajstić information content (AvgIpc) is 3.18. The van der Waals surface area contributed by atoms with Crippen molar-refractivity contribution in [2.45, 2.75) is 0 Å². The van der Waals surface area contributed by atoms with Gasteiger partial charge in [0.1, 0.15) is 0 Å². The molecule has 0 spiro atoms. The zero-order chi connectivity index (χ0) is 21.5. The number of hydrogen-bond donors (Lipinski definition) is 1. The van der Waals surface area contributed by atoms with Gasteiger partial charge in [-0.2, -0.15) is 0 Å². The van der Waals surface area contributed by atoms with Crippen LogP contribution in [-0.2, 0) is 0 Å². The zero-order valence-corrected chi connectivity index (χ0v) is 17.6. The highest BCUT2D eigenvalue weighted by Crippen LogP contribution is 2.38. The molecule has 1 heterocycles. The van der Waals surface area contributed by atoms with Crippen molar-refractivity contribution in [3.8, 4) is 27.9 Å². The molecule has 0 aliphatic rings. The first-order valence-electron chi connectivity index (χ1n) is 10.8. The molecular weight excluding hydrogens is 388 g/mol. The molecule has 0 unspecified atom stereocenters. The van der Waals surface area contributed by atoms with Crippen molar-refractivity contribution in [3.63, 3.8) is 0 Å². The van der Waals surface area contributed by atoms with Gasteiger partial charge in [0.25, 0.3) is 0 Å². The van der Waals surface area contributed by atoms with Gasteiger partial charge in [0.15, 0.2) is 0 Å². The van der Waals surface area contributed by atoms with Crippen molar-refractivity contribution >= 4 is 27.5 Å². The molecule has 0 atom stereocenters. The van der Waals surface area contributed by atoms with E-state index in [0.717, 1.165) is 22.4 Å². The van der Waals surface area contributed by atoms with Crippen molar-refractivity contribution in [3.05, 3.63) is 121 Å². The lowest BCUT2D eigenvalue weighted by molar-refractivity contribution is 1.18. The molecule has 0 saturated heterocycles. The van der Waals surface area contributed by atoms with Crippen LogP contribution in [0.15, 0.2) is 121 Å². The SMILES string of the molecule is Nc1ccccc1-n1c2ccc(-c3ccccc3)cc2c2cc(-c3ccccc3)ccc21. The van der Waals surface area contributed by atoms with Crippen LogP contribution in [0.5, 0.6) is 0 Å². The Morgan fingerprint density at radius 1 is 0.438 bits per heavy atom. The first-order chi connectivity index (χ1) is 15.8. The lowest BCUT2D eigenvalue weighted by Crippen LogP contribution is -1.99. The second kappa shape index (κ2) is 7.44. The highest BCUT2D eigenvalue weighted by molar-refractivity contribution is 6.12. The number of anilines is 1. The molecule has 2 heteroatoms. The van der Waals surface area contributed by atoms with Crippen LogP contribution in [0.1, 0.15) is 0 Å². The van der Waals surface area contributed by atoms with E-state index in [1.807, 2.05) is 18.2 Å². The minimum absolute atomic E-state index is 0.769. The molecule has 2 nitrogen and oxygen atoms in total. The first-order valence-corrected chi connectivity index (χ1v) is 10.8. The molecule has 6 aromatic rings. The predicted molar refractivity (Wildman–Crippen MR) is 136 cm³/mol. The Morgan fingerprint density at radius 3 is 1.41 bits per heavy atom. The lowest BCUT2D eigenvalue weighted by Gasteiger charge is -2.11. The molecule has 0 amide bonds. The summed E-state index contributed by atoms with van der Waals surface area (Å²) in [7, 11) is 0. The predicted octanol–water partition coefficient (Wildman–Crippen LogP) is 7.70. The van der Waals surface area contributed by atoms with Crippen LogP contribution in [0, 0.1) is 0 Å². The van der Waals surface area contributed by atoms with Gasteiger partial charge in [-0.05, 0) is 58.7 Å². The molecular formula is C30H22N2. The van der Waals surface area contributed by atoms with Crippen molar-refractivity contribution in [1.29, 1.82) is 0 Å². The Hall–Kier alpha value is -4.30. The molecule has 152 valence electrons. The van der Waals surface area contributed by atoms with Gasteiger partial charge in [0, 0.05) is 10.8 Å². The van der Waals surface area contributed by atoms with Crippen LogP contribution in [0.25, 0.3) is 49.7 Å². The number of fused-ring (bicyclic) bond motifs is 3. The topological polar surface area (TPSA) is 30.9 Å². The van der Waals surface area contributed by atoms with Crippen LogP contribution in [0.2, 0.25) is 0 Å². The molecule has 0 aliphatic heterocycles. The molecule has 0 radical (unpaired) electrons. The third kappa shape index (κ3) is 2.97. The van der Waals surface area contributed by atoms with Gasteiger partial charge in [-0.1, -0.05) is 84.9 Å². The first kappa shape index (κ1) is 18.5. The van der Waals surface area contributed by atoms with Crippen LogP contribution < -0.4 is 5.73 Å². The number of rotatable bonds is 3. The Kier molecular flexibility index (Phi) is 4.29. The number of aromatic nitrogens is 1. The Bertz CT molecular complexity index is 1460. The standard InChI is InChI=1S/C30H22N2/c31-27-13-7-8-14-30(27)32-28-17-15-23(21-9-3-1-4-10-21)19-25(28)26-20-24(16-18-29(26)32)22-11-5-2-6-12-22/h1-20H,31H2. The van der Waals surface area contributed by atoms with E-state index in [1.165, 1.54) is 33.0 Å². The third-order valence-electron chi connectivity index (χ3n) is 6.16. The molecule has 2 N–H and O–H groups in total. The highest BCUT2D eigenvalue weighted by Gasteiger charge is 2.15. The number of hydrogen-bond acceptors (Lipinski definition) is 1. The summed E-state index contributed by atoms with van der Waals surface area (Å²) in [5, 5.41) is 2.45. The van der Waals surface area contributed by atoms with Crippen molar-refractivity contribution in [2.75, 3.05) is 5.73 Å². The quantitative estimate of drug-likeness (QED) is 0.298. The third-order valence-corrected chi connectivity index (χ3v) is 6.16.